The number of aromatic nitrogens is 5. The molecule has 4 aromatic carbocycles. The average Bonchev–Trinajstić information content (AvgIpc) is 3.61. The Hall–Kier alpha value is -6.07. The molecule has 5 heteroatoms. The van der Waals surface area contributed by atoms with Crippen LogP contribution in [0.4, 0.5) is 0 Å². The summed E-state index contributed by atoms with van der Waals surface area (Å²) in [4.78, 5) is 14.0. The molecule has 0 aliphatic rings. The van der Waals surface area contributed by atoms with E-state index in [1.807, 2.05) is 43.0 Å². The third-order valence-electron chi connectivity index (χ3n) is 8.50. The molecule has 0 saturated heterocycles. The summed E-state index contributed by atoms with van der Waals surface area (Å²) in [6.45, 7) is 0. The zero-order chi connectivity index (χ0) is 29.0. The average molecular weight is 564 g/mol. The summed E-state index contributed by atoms with van der Waals surface area (Å²) >= 11 is 0. The SMILES string of the molecule is c1cncc(-c2ccccc2-c2ccc3c(c2)c2ncccc2n3-c2cccc(-n3c4ccccc4c4ncccc43)c2)c1. The van der Waals surface area contributed by atoms with Gasteiger partial charge in [0.2, 0.25) is 0 Å². The summed E-state index contributed by atoms with van der Waals surface area (Å²) in [6, 6.07) is 44.9. The van der Waals surface area contributed by atoms with Gasteiger partial charge < -0.3 is 9.13 Å². The highest BCUT2D eigenvalue weighted by Gasteiger charge is 2.17. The van der Waals surface area contributed by atoms with E-state index in [1.165, 1.54) is 5.56 Å². The van der Waals surface area contributed by atoms with Crippen LogP contribution in [0.15, 0.2) is 152 Å². The highest BCUT2D eigenvalue weighted by atomic mass is 15.0. The van der Waals surface area contributed by atoms with Crippen LogP contribution in [0.3, 0.4) is 0 Å². The summed E-state index contributed by atoms with van der Waals surface area (Å²) in [6.07, 6.45) is 7.48. The molecule has 0 amide bonds. The first kappa shape index (κ1) is 24.5. The Morgan fingerprint density at radius 1 is 0.409 bits per heavy atom. The molecule has 0 fully saturated rings. The summed E-state index contributed by atoms with van der Waals surface area (Å²) in [7, 11) is 0. The fourth-order valence-corrected chi connectivity index (χ4v) is 6.62. The van der Waals surface area contributed by atoms with Gasteiger partial charge in [0.15, 0.2) is 0 Å². The van der Waals surface area contributed by atoms with Crippen molar-refractivity contribution in [3.8, 4) is 33.6 Å². The molecule has 9 rings (SSSR count). The van der Waals surface area contributed by atoms with E-state index in [-0.39, 0.29) is 0 Å². The lowest BCUT2D eigenvalue weighted by atomic mass is 9.95. The topological polar surface area (TPSA) is 48.5 Å². The van der Waals surface area contributed by atoms with Crippen molar-refractivity contribution in [1.82, 2.24) is 24.1 Å². The molecule has 0 atom stereocenters. The number of hydrogen-bond donors (Lipinski definition) is 0. The van der Waals surface area contributed by atoms with Gasteiger partial charge in [-0.1, -0.05) is 60.7 Å². The van der Waals surface area contributed by atoms with E-state index in [2.05, 4.69) is 123 Å². The lowest BCUT2D eigenvalue weighted by Gasteiger charge is -2.13. The van der Waals surface area contributed by atoms with Crippen LogP contribution in [0.5, 0.6) is 0 Å². The van der Waals surface area contributed by atoms with Crippen LogP contribution in [-0.2, 0) is 0 Å². The van der Waals surface area contributed by atoms with Crippen molar-refractivity contribution in [2.24, 2.45) is 0 Å². The zero-order valence-electron chi connectivity index (χ0n) is 23.7. The monoisotopic (exact) mass is 563 g/mol. The van der Waals surface area contributed by atoms with Gasteiger partial charge in [0.25, 0.3) is 0 Å². The predicted molar refractivity (Wildman–Crippen MR) is 179 cm³/mol. The van der Waals surface area contributed by atoms with Crippen LogP contribution >= 0.6 is 0 Å². The van der Waals surface area contributed by atoms with Crippen molar-refractivity contribution >= 4 is 43.9 Å². The number of fused-ring (bicyclic) bond motifs is 6. The van der Waals surface area contributed by atoms with Gasteiger partial charge in [-0.05, 0) is 83.4 Å². The molecule has 0 unspecified atom stereocenters. The molecule has 0 aliphatic heterocycles. The predicted octanol–water partition coefficient (Wildman–Crippen LogP) is 9.40. The molecule has 5 heterocycles. The molecule has 0 spiro atoms. The molecule has 0 bridgehead atoms. The second-order valence-corrected chi connectivity index (χ2v) is 11.0. The fraction of sp³-hybridized carbons (Fsp3) is 0. The van der Waals surface area contributed by atoms with Crippen LogP contribution in [0.2, 0.25) is 0 Å². The number of hydrogen-bond acceptors (Lipinski definition) is 3. The Balaban J connectivity index is 1.26. The van der Waals surface area contributed by atoms with Crippen molar-refractivity contribution in [3.05, 3.63) is 152 Å². The zero-order valence-corrected chi connectivity index (χ0v) is 23.7. The third kappa shape index (κ3) is 3.69. The summed E-state index contributed by atoms with van der Waals surface area (Å²) in [5.41, 5.74) is 13.1. The van der Waals surface area contributed by atoms with Crippen molar-refractivity contribution in [1.29, 1.82) is 0 Å². The van der Waals surface area contributed by atoms with E-state index in [1.54, 1.807) is 0 Å². The van der Waals surface area contributed by atoms with E-state index >= 15 is 0 Å². The van der Waals surface area contributed by atoms with Crippen LogP contribution in [0.25, 0.3) is 77.5 Å². The maximum atomic E-state index is 4.88. The first-order valence-electron chi connectivity index (χ1n) is 14.7. The number of para-hydroxylation sites is 1. The minimum atomic E-state index is 0.981. The molecule has 9 aromatic rings. The Morgan fingerprint density at radius 2 is 1.02 bits per heavy atom. The highest BCUT2D eigenvalue weighted by Crippen LogP contribution is 2.38. The molecule has 0 saturated carbocycles. The Kier molecular flexibility index (Phi) is 5.43. The maximum Gasteiger partial charge on any atom is 0.0963 e. The summed E-state index contributed by atoms with van der Waals surface area (Å²) in [5, 5.41) is 2.26. The number of nitrogens with zero attached hydrogens (tertiary/aromatic N) is 5. The molecule has 5 nitrogen and oxygen atoms in total. The van der Waals surface area contributed by atoms with Crippen LogP contribution < -0.4 is 0 Å². The van der Waals surface area contributed by atoms with E-state index in [0.29, 0.717) is 0 Å². The molecule has 206 valence electrons. The normalized spacial score (nSPS) is 11.6. The molecule has 44 heavy (non-hydrogen) atoms. The van der Waals surface area contributed by atoms with Crippen LogP contribution in [0, 0.1) is 0 Å². The Bertz CT molecular complexity index is 2450. The second-order valence-electron chi connectivity index (χ2n) is 11.0. The van der Waals surface area contributed by atoms with Gasteiger partial charge in [-0.3, -0.25) is 15.0 Å². The van der Waals surface area contributed by atoms with Gasteiger partial charge in [-0.2, -0.15) is 0 Å². The van der Waals surface area contributed by atoms with Gasteiger partial charge >= 0.3 is 0 Å². The highest BCUT2D eigenvalue weighted by molar-refractivity contribution is 6.09. The van der Waals surface area contributed by atoms with E-state index in [4.69, 9.17) is 9.97 Å². The summed E-state index contributed by atoms with van der Waals surface area (Å²) in [5.74, 6) is 0. The first-order chi connectivity index (χ1) is 21.8. The Labute approximate surface area is 253 Å². The first-order valence-corrected chi connectivity index (χ1v) is 14.7. The van der Waals surface area contributed by atoms with Crippen molar-refractivity contribution < 1.29 is 0 Å². The van der Waals surface area contributed by atoms with Crippen molar-refractivity contribution in [2.75, 3.05) is 0 Å². The molecular formula is C39H25N5. The largest absolute Gasteiger partial charge is 0.308 e. The standard InChI is InChI=1S/C39H25N5/c1-2-13-31(27-9-6-20-40-25-27)30(12-1)26-18-19-35-33(23-26)39-37(17-8-22-42-39)44(35)29-11-5-10-28(24-29)43-34-15-4-3-14-32(34)38-36(43)16-7-21-41-38/h1-25H. The minimum absolute atomic E-state index is 0.981. The van der Waals surface area contributed by atoms with Crippen molar-refractivity contribution in [2.45, 2.75) is 0 Å². The number of pyridine rings is 3. The van der Waals surface area contributed by atoms with Gasteiger partial charge in [0, 0.05) is 52.5 Å². The molecule has 0 radical (unpaired) electrons. The smallest absolute Gasteiger partial charge is 0.0963 e. The Morgan fingerprint density at radius 3 is 1.75 bits per heavy atom. The second kappa shape index (κ2) is 9.75. The molecule has 5 aromatic heterocycles. The lowest BCUT2D eigenvalue weighted by Crippen LogP contribution is -1.98. The molecule has 0 N–H and O–H groups in total. The number of benzene rings is 4. The van der Waals surface area contributed by atoms with E-state index in [9.17, 15) is 0 Å². The molecular weight excluding hydrogens is 538 g/mol. The van der Waals surface area contributed by atoms with Crippen LogP contribution in [-0.4, -0.2) is 24.1 Å². The fourth-order valence-electron chi connectivity index (χ4n) is 6.62. The maximum absolute atomic E-state index is 4.88. The quantitative estimate of drug-likeness (QED) is 0.214. The van der Waals surface area contributed by atoms with E-state index in [0.717, 1.165) is 71.9 Å². The van der Waals surface area contributed by atoms with E-state index < -0.39 is 0 Å². The lowest BCUT2D eigenvalue weighted by molar-refractivity contribution is 1.13. The van der Waals surface area contributed by atoms with Gasteiger partial charge in [0.05, 0.1) is 33.1 Å². The van der Waals surface area contributed by atoms with Crippen LogP contribution in [0.1, 0.15) is 0 Å². The van der Waals surface area contributed by atoms with Gasteiger partial charge in [0.1, 0.15) is 0 Å². The minimum Gasteiger partial charge on any atom is -0.308 e. The van der Waals surface area contributed by atoms with Gasteiger partial charge in [-0.15, -0.1) is 0 Å². The third-order valence-corrected chi connectivity index (χ3v) is 8.50. The summed E-state index contributed by atoms with van der Waals surface area (Å²) < 4.78 is 4.63. The van der Waals surface area contributed by atoms with Gasteiger partial charge in [-0.25, -0.2) is 0 Å². The number of rotatable bonds is 4. The molecule has 0 aliphatic carbocycles. The van der Waals surface area contributed by atoms with Crippen molar-refractivity contribution in [3.63, 3.8) is 0 Å².